The highest BCUT2D eigenvalue weighted by molar-refractivity contribution is 6.74. The molecule has 0 aliphatic rings. The molecule has 0 N–H and O–H groups in total. The zero-order valence-electron chi connectivity index (χ0n) is 13.8. The van der Waals surface area contributed by atoms with Crippen LogP contribution in [0.25, 0.3) is 11.3 Å². The number of ether oxygens (including phenoxy) is 1. The molecule has 2 rings (SSSR count). The Balaban J connectivity index is 2.49. The molecule has 0 radical (unpaired) electrons. The molecule has 0 aromatic carbocycles. The molecule has 0 aliphatic heterocycles. The van der Waals surface area contributed by atoms with Crippen LogP contribution in [0.2, 0.25) is 19.6 Å². The summed E-state index contributed by atoms with van der Waals surface area (Å²) in [5.41, 5.74) is 2.63. The summed E-state index contributed by atoms with van der Waals surface area (Å²) in [6.45, 7) is 10.7. The minimum Gasteiger partial charge on any atom is -0.461 e. The molecule has 2 aromatic heterocycles. The first-order valence-corrected chi connectivity index (χ1v) is 11.1. The minimum absolute atomic E-state index is 0.322. The van der Waals surface area contributed by atoms with Gasteiger partial charge in [-0.25, -0.2) is 9.48 Å². The van der Waals surface area contributed by atoms with Gasteiger partial charge in [0.25, 0.3) is 0 Å². The van der Waals surface area contributed by atoms with E-state index < -0.39 is 8.07 Å². The third-order valence-corrected chi connectivity index (χ3v) is 4.26. The van der Waals surface area contributed by atoms with Crippen LogP contribution >= 0.6 is 0 Å². The lowest BCUT2D eigenvalue weighted by Gasteiger charge is -2.16. The molecular formula is C15H22N4O2Si. The van der Waals surface area contributed by atoms with Crippen molar-refractivity contribution in [1.29, 1.82) is 0 Å². The van der Waals surface area contributed by atoms with Crippen LogP contribution in [0.4, 0.5) is 0 Å². The second-order valence-electron chi connectivity index (χ2n) is 6.41. The second kappa shape index (κ2) is 6.39. The van der Waals surface area contributed by atoms with Crippen molar-refractivity contribution in [3.8, 4) is 11.3 Å². The highest BCUT2D eigenvalue weighted by atomic mass is 28.3. The number of hydrogen-bond donors (Lipinski definition) is 0. The lowest BCUT2D eigenvalue weighted by Crippen LogP contribution is -2.30. The van der Waals surface area contributed by atoms with Crippen LogP contribution in [0.5, 0.6) is 0 Å². The molecule has 0 bridgehead atoms. The summed E-state index contributed by atoms with van der Waals surface area (Å²) < 4.78 is 6.86. The van der Waals surface area contributed by atoms with Crippen LogP contribution in [0.15, 0.2) is 18.3 Å². The van der Waals surface area contributed by atoms with Gasteiger partial charge in [0.05, 0.1) is 14.7 Å². The molecule has 0 saturated heterocycles. The summed E-state index contributed by atoms with van der Waals surface area (Å²) in [6.07, 6.45) is 2.42. The number of carbonyl (C=O) groups is 1. The lowest BCUT2D eigenvalue weighted by molar-refractivity contribution is 0.0514. The summed E-state index contributed by atoms with van der Waals surface area (Å²) in [7, 11) is -1.46. The van der Waals surface area contributed by atoms with Crippen molar-refractivity contribution in [3.05, 3.63) is 29.7 Å². The van der Waals surface area contributed by atoms with E-state index in [2.05, 4.69) is 34.9 Å². The Morgan fingerprint density at radius 1 is 1.32 bits per heavy atom. The molecule has 0 fully saturated rings. The molecule has 0 saturated carbocycles. The van der Waals surface area contributed by atoms with E-state index in [1.165, 1.54) is 0 Å². The zero-order chi connectivity index (χ0) is 16.3. The van der Waals surface area contributed by atoms with E-state index in [9.17, 15) is 4.79 Å². The first kappa shape index (κ1) is 16.3. The van der Waals surface area contributed by atoms with Crippen LogP contribution in [0.1, 0.15) is 23.1 Å². The molecule has 0 atom stereocenters. The van der Waals surface area contributed by atoms with E-state index in [4.69, 9.17) is 4.74 Å². The third-order valence-electron chi connectivity index (χ3n) is 3.01. The monoisotopic (exact) mass is 318 g/mol. The number of aryl methyl sites for hydroxylation is 1. The van der Waals surface area contributed by atoms with Crippen LogP contribution in [0, 0.1) is 6.92 Å². The highest BCUT2D eigenvalue weighted by Crippen LogP contribution is 2.22. The van der Waals surface area contributed by atoms with Crippen molar-refractivity contribution < 1.29 is 9.53 Å². The van der Waals surface area contributed by atoms with E-state index in [0.717, 1.165) is 11.3 Å². The normalized spacial score (nSPS) is 11.5. The van der Waals surface area contributed by atoms with Gasteiger partial charge in [-0.2, -0.15) is 0 Å². The van der Waals surface area contributed by atoms with Gasteiger partial charge in [-0.1, -0.05) is 24.9 Å². The maximum absolute atomic E-state index is 12.3. The van der Waals surface area contributed by atoms with Crippen molar-refractivity contribution in [2.45, 2.75) is 39.7 Å². The topological polar surface area (TPSA) is 69.9 Å². The van der Waals surface area contributed by atoms with Crippen molar-refractivity contribution in [2.75, 3.05) is 6.61 Å². The average molecular weight is 318 g/mol. The van der Waals surface area contributed by atoms with Crippen LogP contribution < -0.4 is 0 Å². The molecule has 0 aliphatic carbocycles. The van der Waals surface area contributed by atoms with Gasteiger partial charge in [0.2, 0.25) is 0 Å². The Labute approximate surface area is 131 Å². The molecular weight excluding hydrogens is 296 g/mol. The maximum atomic E-state index is 12.3. The van der Waals surface area contributed by atoms with Crippen molar-refractivity contribution in [1.82, 2.24) is 20.0 Å². The maximum Gasteiger partial charge on any atom is 0.358 e. The molecule has 6 nitrogen and oxygen atoms in total. The van der Waals surface area contributed by atoms with Crippen molar-refractivity contribution in [3.63, 3.8) is 0 Å². The Bertz CT molecular complexity index is 659. The Morgan fingerprint density at radius 2 is 2.05 bits per heavy atom. The van der Waals surface area contributed by atoms with E-state index >= 15 is 0 Å². The number of esters is 1. The highest BCUT2D eigenvalue weighted by Gasteiger charge is 2.26. The summed E-state index contributed by atoms with van der Waals surface area (Å²) in [5, 5.41) is 8.37. The predicted molar refractivity (Wildman–Crippen MR) is 87.3 cm³/mol. The Morgan fingerprint density at radius 3 is 2.59 bits per heavy atom. The number of hydrogen-bond acceptors (Lipinski definition) is 5. The smallest absolute Gasteiger partial charge is 0.358 e. The summed E-state index contributed by atoms with van der Waals surface area (Å²) in [6, 6.07) is 3.79. The van der Waals surface area contributed by atoms with Gasteiger partial charge in [-0.3, -0.25) is 4.98 Å². The standard InChI is InChI=1S/C15H22N4O2Si/c1-6-21-15(20)14-13(12-8-7-11(2)16-9-12)17-18-19(14)10-22(3,4)5/h7-9H,6,10H2,1-5H3. The molecule has 118 valence electrons. The lowest BCUT2D eigenvalue weighted by atomic mass is 10.1. The molecule has 2 aromatic rings. The number of carbonyl (C=O) groups excluding carboxylic acids is 1. The summed E-state index contributed by atoms with van der Waals surface area (Å²) in [4.78, 5) is 16.6. The molecule has 0 amide bonds. The fourth-order valence-electron chi connectivity index (χ4n) is 2.08. The largest absolute Gasteiger partial charge is 0.461 e. The number of aromatic nitrogens is 4. The predicted octanol–water partition coefficient (Wildman–Crippen LogP) is 2.70. The van der Waals surface area contributed by atoms with Gasteiger partial charge in [0, 0.05) is 23.6 Å². The Hall–Kier alpha value is -2.02. The van der Waals surface area contributed by atoms with Gasteiger partial charge in [-0.05, 0) is 26.0 Å². The first-order valence-electron chi connectivity index (χ1n) is 7.35. The van der Waals surface area contributed by atoms with Gasteiger partial charge in [-0.15, -0.1) is 5.10 Å². The van der Waals surface area contributed by atoms with E-state index in [0.29, 0.717) is 24.2 Å². The molecule has 22 heavy (non-hydrogen) atoms. The quantitative estimate of drug-likeness (QED) is 0.626. The molecule has 2 heterocycles. The fourth-order valence-corrected chi connectivity index (χ4v) is 3.20. The molecule has 7 heteroatoms. The third kappa shape index (κ3) is 3.79. The zero-order valence-corrected chi connectivity index (χ0v) is 14.8. The second-order valence-corrected chi connectivity index (χ2v) is 11.9. The number of pyridine rings is 1. The van der Waals surface area contributed by atoms with Gasteiger partial charge >= 0.3 is 5.97 Å². The minimum atomic E-state index is -1.46. The van der Waals surface area contributed by atoms with Crippen LogP contribution in [-0.2, 0) is 10.9 Å². The van der Waals surface area contributed by atoms with Gasteiger partial charge in [0.1, 0.15) is 5.69 Å². The van der Waals surface area contributed by atoms with Gasteiger partial charge < -0.3 is 4.74 Å². The van der Waals surface area contributed by atoms with Crippen LogP contribution in [0.3, 0.4) is 0 Å². The number of rotatable bonds is 5. The SMILES string of the molecule is CCOC(=O)c1c(-c2ccc(C)nc2)nnn1C[Si](C)(C)C. The van der Waals surface area contributed by atoms with Gasteiger partial charge in [0.15, 0.2) is 5.69 Å². The average Bonchev–Trinajstić information content (AvgIpc) is 2.81. The number of nitrogens with zero attached hydrogens (tertiary/aromatic N) is 4. The van der Waals surface area contributed by atoms with Crippen molar-refractivity contribution >= 4 is 14.0 Å². The van der Waals surface area contributed by atoms with Crippen LogP contribution in [-0.4, -0.2) is 40.6 Å². The van der Waals surface area contributed by atoms with E-state index in [1.807, 2.05) is 19.1 Å². The Kier molecular flexibility index (Phi) is 4.75. The fraction of sp³-hybridized carbons (Fsp3) is 0.467. The summed E-state index contributed by atoms with van der Waals surface area (Å²) >= 11 is 0. The first-order chi connectivity index (χ1) is 10.3. The molecule has 0 unspecified atom stereocenters. The van der Waals surface area contributed by atoms with Crippen molar-refractivity contribution in [2.24, 2.45) is 0 Å². The van der Waals surface area contributed by atoms with E-state index in [-0.39, 0.29) is 5.97 Å². The van der Waals surface area contributed by atoms with E-state index in [1.54, 1.807) is 17.8 Å². The molecule has 0 spiro atoms. The summed E-state index contributed by atoms with van der Waals surface area (Å²) in [5.74, 6) is -0.388.